The molecule has 114 valence electrons. The van der Waals surface area contributed by atoms with Crippen LogP contribution in [0.25, 0.3) is 11.1 Å². The van der Waals surface area contributed by atoms with E-state index >= 15 is 0 Å². The average Bonchev–Trinajstić information content (AvgIpc) is 2.53. The van der Waals surface area contributed by atoms with Crippen LogP contribution in [0.5, 0.6) is 11.5 Å². The topological polar surface area (TPSA) is 93.1 Å². The molecule has 0 atom stereocenters. The highest BCUT2D eigenvalue weighted by Gasteiger charge is 2.15. The number of hydrogen-bond donors (Lipinski definition) is 2. The van der Waals surface area contributed by atoms with E-state index in [1.165, 1.54) is 26.4 Å². The zero-order chi connectivity index (χ0) is 16.3. The summed E-state index contributed by atoms with van der Waals surface area (Å²) in [5.74, 6) is -1.71. The molecule has 0 saturated heterocycles. The number of methoxy groups -OCH3 is 2. The standard InChI is InChI=1S/C16H14O6/c1-21-13-7-9(3-5-11(13)15(17)18)10-4-6-12(16(19)20)14(8-10)22-2/h3-8H,1-2H3,(H,17,18)(H,19,20). The van der Waals surface area contributed by atoms with Crippen molar-refractivity contribution in [1.82, 2.24) is 0 Å². The van der Waals surface area contributed by atoms with Crippen LogP contribution < -0.4 is 9.47 Å². The van der Waals surface area contributed by atoms with Crippen molar-refractivity contribution < 1.29 is 29.3 Å². The Morgan fingerprint density at radius 3 is 1.41 bits per heavy atom. The minimum Gasteiger partial charge on any atom is -0.496 e. The summed E-state index contributed by atoms with van der Waals surface area (Å²) in [6, 6.07) is 9.29. The first kappa shape index (κ1) is 15.4. The summed E-state index contributed by atoms with van der Waals surface area (Å²) in [6.07, 6.45) is 0. The van der Waals surface area contributed by atoms with Crippen LogP contribution in [0, 0.1) is 0 Å². The van der Waals surface area contributed by atoms with Gasteiger partial charge in [-0.05, 0) is 35.4 Å². The van der Waals surface area contributed by atoms with Crippen LogP contribution in [0.4, 0.5) is 0 Å². The molecule has 0 radical (unpaired) electrons. The summed E-state index contributed by atoms with van der Waals surface area (Å²) in [5.41, 5.74) is 1.50. The van der Waals surface area contributed by atoms with Gasteiger partial charge in [-0.25, -0.2) is 9.59 Å². The predicted molar refractivity (Wildman–Crippen MR) is 78.9 cm³/mol. The van der Waals surface area contributed by atoms with Gasteiger partial charge in [0.25, 0.3) is 0 Å². The highest BCUT2D eigenvalue weighted by atomic mass is 16.5. The van der Waals surface area contributed by atoms with Crippen molar-refractivity contribution in [2.45, 2.75) is 0 Å². The van der Waals surface area contributed by atoms with Gasteiger partial charge in [0.1, 0.15) is 22.6 Å². The normalized spacial score (nSPS) is 10.1. The van der Waals surface area contributed by atoms with E-state index in [0.717, 1.165) is 0 Å². The fourth-order valence-corrected chi connectivity index (χ4v) is 2.09. The molecule has 22 heavy (non-hydrogen) atoms. The Hall–Kier alpha value is -3.02. The van der Waals surface area contributed by atoms with E-state index in [-0.39, 0.29) is 22.6 Å². The second kappa shape index (κ2) is 6.17. The van der Waals surface area contributed by atoms with Crippen LogP contribution in [0.3, 0.4) is 0 Å². The molecule has 0 amide bonds. The molecule has 0 bridgehead atoms. The van der Waals surface area contributed by atoms with Crippen LogP contribution in [-0.4, -0.2) is 36.4 Å². The van der Waals surface area contributed by atoms with E-state index in [0.29, 0.717) is 11.1 Å². The van der Waals surface area contributed by atoms with Gasteiger partial charge in [0.2, 0.25) is 0 Å². The Morgan fingerprint density at radius 1 is 0.773 bits per heavy atom. The molecule has 0 aliphatic rings. The number of benzene rings is 2. The van der Waals surface area contributed by atoms with E-state index < -0.39 is 11.9 Å². The molecule has 6 nitrogen and oxygen atoms in total. The highest BCUT2D eigenvalue weighted by Crippen LogP contribution is 2.31. The van der Waals surface area contributed by atoms with Crippen LogP contribution in [0.15, 0.2) is 36.4 Å². The number of ether oxygens (including phenoxy) is 2. The van der Waals surface area contributed by atoms with Crippen LogP contribution >= 0.6 is 0 Å². The number of carbonyl (C=O) groups is 2. The SMILES string of the molecule is COc1cc(-c2ccc(C(=O)O)c(OC)c2)ccc1C(=O)O. The Labute approximate surface area is 126 Å². The average molecular weight is 302 g/mol. The van der Waals surface area contributed by atoms with E-state index in [9.17, 15) is 9.59 Å². The molecule has 0 heterocycles. The van der Waals surface area contributed by atoms with Gasteiger partial charge in [0.05, 0.1) is 14.2 Å². The molecular formula is C16H14O6. The molecular weight excluding hydrogens is 288 g/mol. The monoisotopic (exact) mass is 302 g/mol. The molecule has 2 aromatic rings. The third kappa shape index (κ3) is 2.85. The van der Waals surface area contributed by atoms with Gasteiger partial charge in [-0.1, -0.05) is 12.1 Å². The number of hydrogen-bond acceptors (Lipinski definition) is 4. The van der Waals surface area contributed by atoms with Crippen molar-refractivity contribution in [3.05, 3.63) is 47.5 Å². The van der Waals surface area contributed by atoms with Gasteiger partial charge in [-0.2, -0.15) is 0 Å². The second-order valence-corrected chi connectivity index (χ2v) is 4.44. The fraction of sp³-hybridized carbons (Fsp3) is 0.125. The van der Waals surface area contributed by atoms with Crippen LogP contribution in [0.1, 0.15) is 20.7 Å². The molecule has 0 saturated carbocycles. The lowest BCUT2D eigenvalue weighted by Crippen LogP contribution is -2.01. The lowest BCUT2D eigenvalue weighted by molar-refractivity contribution is 0.0682. The fourth-order valence-electron chi connectivity index (χ4n) is 2.09. The van der Waals surface area contributed by atoms with Gasteiger partial charge >= 0.3 is 11.9 Å². The summed E-state index contributed by atoms with van der Waals surface area (Å²) in [6.45, 7) is 0. The predicted octanol–water partition coefficient (Wildman–Crippen LogP) is 2.77. The second-order valence-electron chi connectivity index (χ2n) is 4.44. The minimum atomic E-state index is -1.08. The smallest absolute Gasteiger partial charge is 0.339 e. The first-order valence-electron chi connectivity index (χ1n) is 6.31. The number of carboxylic acids is 2. The quantitative estimate of drug-likeness (QED) is 0.882. The molecule has 2 rings (SSSR count). The summed E-state index contributed by atoms with van der Waals surface area (Å²) in [7, 11) is 2.78. The molecule has 0 fully saturated rings. The van der Waals surface area contributed by atoms with Crippen molar-refractivity contribution in [1.29, 1.82) is 0 Å². The van der Waals surface area contributed by atoms with Gasteiger partial charge in [0, 0.05) is 0 Å². The summed E-state index contributed by atoms with van der Waals surface area (Å²) < 4.78 is 10.2. The zero-order valence-corrected chi connectivity index (χ0v) is 12.0. The van der Waals surface area contributed by atoms with Crippen molar-refractivity contribution >= 4 is 11.9 Å². The number of carboxylic acid groups (broad SMARTS) is 2. The third-order valence-electron chi connectivity index (χ3n) is 3.20. The Kier molecular flexibility index (Phi) is 4.31. The van der Waals surface area contributed by atoms with Crippen molar-refractivity contribution in [3.8, 4) is 22.6 Å². The molecule has 2 N–H and O–H groups in total. The van der Waals surface area contributed by atoms with Crippen LogP contribution in [-0.2, 0) is 0 Å². The molecule has 0 aliphatic heterocycles. The molecule has 6 heteroatoms. The molecule has 2 aromatic carbocycles. The number of rotatable bonds is 5. The van der Waals surface area contributed by atoms with Gasteiger partial charge in [-0.15, -0.1) is 0 Å². The van der Waals surface area contributed by atoms with Crippen LogP contribution in [0.2, 0.25) is 0 Å². The molecule has 0 spiro atoms. The molecule has 0 unspecified atom stereocenters. The number of aromatic carboxylic acids is 2. The maximum atomic E-state index is 11.1. The lowest BCUT2D eigenvalue weighted by Gasteiger charge is -2.10. The third-order valence-corrected chi connectivity index (χ3v) is 3.20. The van der Waals surface area contributed by atoms with Gasteiger partial charge in [0.15, 0.2) is 0 Å². The lowest BCUT2D eigenvalue weighted by atomic mass is 10.0. The van der Waals surface area contributed by atoms with Crippen molar-refractivity contribution in [2.24, 2.45) is 0 Å². The van der Waals surface area contributed by atoms with E-state index in [1.54, 1.807) is 24.3 Å². The molecule has 0 aliphatic carbocycles. The molecule has 0 aromatic heterocycles. The Morgan fingerprint density at radius 2 is 1.14 bits per heavy atom. The summed E-state index contributed by atoms with van der Waals surface area (Å²) in [4.78, 5) is 22.2. The summed E-state index contributed by atoms with van der Waals surface area (Å²) in [5, 5.41) is 18.1. The first-order chi connectivity index (χ1) is 10.5. The zero-order valence-electron chi connectivity index (χ0n) is 12.0. The maximum absolute atomic E-state index is 11.1. The Balaban J connectivity index is 2.52. The van der Waals surface area contributed by atoms with E-state index in [4.69, 9.17) is 19.7 Å². The maximum Gasteiger partial charge on any atom is 0.339 e. The summed E-state index contributed by atoms with van der Waals surface area (Å²) >= 11 is 0. The van der Waals surface area contributed by atoms with E-state index in [1.807, 2.05) is 0 Å². The minimum absolute atomic E-state index is 0.0559. The first-order valence-corrected chi connectivity index (χ1v) is 6.31. The van der Waals surface area contributed by atoms with Gasteiger partial charge in [-0.3, -0.25) is 0 Å². The Bertz CT molecular complexity index is 672. The van der Waals surface area contributed by atoms with Crippen molar-refractivity contribution in [3.63, 3.8) is 0 Å². The van der Waals surface area contributed by atoms with Gasteiger partial charge < -0.3 is 19.7 Å². The highest BCUT2D eigenvalue weighted by molar-refractivity contribution is 5.93. The van der Waals surface area contributed by atoms with E-state index in [2.05, 4.69) is 0 Å². The van der Waals surface area contributed by atoms with Crippen molar-refractivity contribution in [2.75, 3.05) is 14.2 Å². The largest absolute Gasteiger partial charge is 0.496 e.